The minimum Gasteiger partial charge on any atom is -0.497 e. The van der Waals surface area contributed by atoms with Crippen molar-refractivity contribution in [1.29, 1.82) is 0 Å². The average molecular weight is 206 g/mol. The molecule has 0 heterocycles. The van der Waals surface area contributed by atoms with E-state index >= 15 is 0 Å². The second kappa shape index (κ2) is 5.54. The standard InChI is InChI=1S/C13H18O2/c1-4-10(5-2)13(14)11-6-8-12(15-3)9-7-11/h6-10H,4-5H2,1-3H3. The Kier molecular flexibility index (Phi) is 4.35. The molecule has 2 heteroatoms. The number of carbonyl (C=O) groups is 1. The van der Waals surface area contributed by atoms with Crippen molar-refractivity contribution in [2.75, 3.05) is 7.11 Å². The molecule has 0 saturated heterocycles. The van der Waals surface area contributed by atoms with E-state index in [1.165, 1.54) is 0 Å². The van der Waals surface area contributed by atoms with Gasteiger partial charge in [0.2, 0.25) is 0 Å². The summed E-state index contributed by atoms with van der Waals surface area (Å²) in [5, 5.41) is 0. The molecule has 0 radical (unpaired) electrons. The van der Waals surface area contributed by atoms with Gasteiger partial charge in [0.15, 0.2) is 5.78 Å². The molecular formula is C13H18O2. The van der Waals surface area contributed by atoms with Crippen molar-refractivity contribution in [2.24, 2.45) is 5.92 Å². The van der Waals surface area contributed by atoms with Crippen LogP contribution in [-0.4, -0.2) is 12.9 Å². The first kappa shape index (κ1) is 11.8. The highest BCUT2D eigenvalue weighted by Crippen LogP contribution is 2.18. The van der Waals surface area contributed by atoms with E-state index in [4.69, 9.17) is 4.74 Å². The van der Waals surface area contributed by atoms with Gasteiger partial charge in [-0.05, 0) is 37.1 Å². The molecule has 1 aromatic carbocycles. The Morgan fingerprint density at radius 1 is 1.20 bits per heavy atom. The molecule has 15 heavy (non-hydrogen) atoms. The average Bonchev–Trinajstić information content (AvgIpc) is 2.30. The number of ketones is 1. The molecule has 0 spiro atoms. The van der Waals surface area contributed by atoms with Crippen molar-refractivity contribution in [2.45, 2.75) is 26.7 Å². The zero-order valence-corrected chi connectivity index (χ0v) is 9.62. The molecular weight excluding hydrogens is 188 g/mol. The summed E-state index contributed by atoms with van der Waals surface area (Å²) in [7, 11) is 1.62. The van der Waals surface area contributed by atoms with Gasteiger partial charge in [-0.25, -0.2) is 0 Å². The summed E-state index contributed by atoms with van der Waals surface area (Å²) in [5.74, 6) is 1.18. The minimum atomic E-state index is 0.151. The summed E-state index contributed by atoms with van der Waals surface area (Å²) in [4.78, 5) is 12.0. The van der Waals surface area contributed by atoms with Crippen molar-refractivity contribution in [3.8, 4) is 5.75 Å². The first-order valence-electron chi connectivity index (χ1n) is 5.41. The van der Waals surface area contributed by atoms with Gasteiger partial charge in [0.1, 0.15) is 5.75 Å². The third kappa shape index (κ3) is 2.82. The monoisotopic (exact) mass is 206 g/mol. The van der Waals surface area contributed by atoms with Crippen molar-refractivity contribution < 1.29 is 9.53 Å². The molecule has 1 rings (SSSR count). The number of methoxy groups -OCH3 is 1. The van der Waals surface area contributed by atoms with Crippen LogP contribution in [0.5, 0.6) is 5.75 Å². The lowest BCUT2D eigenvalue weighted by Gasteiger charge is -2.11. The molecule has 0 aromatic heterocycles. The van der Waals surface area contributed by atoms with E-state index in [9.17, 15) is 4.79 Å². The summed E-state index contributed by atoms with van der Waals surface area (Å²) in [5.41, 5.74) is 0.782. The van der Waals surface area contributed by atoms with E-state index < -0.39 is 0 Å². The third-order valence-corrected chi connectivity index (χ3v) is 2.73. The largest absolute Gasteiger partial charge is 0.497 e. The second-order valence-electron chi connectivity index (χ2n) is 3.61. The fourth-order valence-electron chi connectivity index (χ4n) is 1.65. The molecule has 82 valence electrons. The fourth-order valence-corrected chi connectivity index (χ4v) is 1.65. The predicted molar refractivity (Wildman–Crippen MR) is 61.4 cm³/mol. The van der Waals surface area contributed by atoms with Gasteiger partial charge >= 0.3 is 0 Å². The SMILES string of the molecule is CCC(CC)C(=O)c1ccc(OC)cc1. The Balaban J connectivity index is 2.82. The number of Topliss-reactive ketones (excluding diaryl/α,β-unsaturated/α-hetero) is 1. The van der Waals surface area contributed by atoms with Gasteiger partial charge in [0, 0.05) is 11.5 Å². The normalized spacial score (nSPS) is 10.4. The van der Waals surface area contributed by atoms with Crippen LogP contribution in [0.15, 0.2) is 24.3 Å². The summed E-state index contributed by atoms with van der Waals surface area (Å²) in [6, 6.07) is 7.32. The maximum Gasteiger partial charge on any atom is 0.165 e. The van der Waals surface area contributed by atoms with E-state index in [1.807, 2.05) is 24.3 Å². The fraction of sp³-hybridized carbons (Fsp3) is 0.462. The lowest BCUT2D eigenvalue weighted by atomic mass is 9.93. The van der Waals surface area contributed by atoms with Crippen LogP contribution >= 0.6 is 0 Å². The van der Waals surface area contributed by atoms with Crippen LogP contribution in [0.4, 0.5) is 0 Å². The van der Waals surface area contributed by atoms with Gasteiger partial charge in [-0.15, -0.1) is 0 Å². The first-order chi connectivity index (χ1) is 7.22. The Morgan fingerprint density at radius 3 is 2.13 bits per heavy atom. The zero-order valence-electron chi connectivity index (χ0n) is 9.62. The highest BCUT2D eigenvalue weighted by Gasteiger charge is 2.15. The number of benzene rings is 1. The maximum atomic E-state index is 12.0. The maximum absolute atomic E-state index is 12.0. The summed E-state index contributed by atoms with van der Waals surface area (Å²) in [6.45, 7) is 4.10. The lowest BCUT2D eigenvalue weighted by Crippen LogP contribution is -2.12. The number of rotatable bonds is 5. The molecule has 1 aromatic rings. The van der Waals surface area contributed by atoms with Crippen LogP contribution in [0.3, 0.4) is 0 Å². The Hall–Kier alpha value is -1.31. The van der Waals surface area contributed by atoms with Crippen molar-refractivity contribution >= 4 is 5.78 Å². The van der Waals surface area contributed by atoms with Gasteiger partial charge in [-0.3, -0.25) is 4.79 Å². The molecule has 0 aliphatic rings. The molecule has 0 amide bonds. The van der Waals surface area contributed by atoms with E-state index in [-0.39, 0.29) is 11.7 Å². The Morgan fingerprint density at radius 2 is 1.73 bits per heavy atom. The molecule has 0 unspecified atom stereocenters. The Bertz CT molecular complexity index is 310. The lowest BCUT2D eigenvalue weighted by molar-refractivity contribution is 0.0913. The van der Waals surface area contributed by atoms with Gasteiger partial charge in [-0.2, -0.15) is 0 Å². The number of hydrogen-bond donors (Lipinski definition) is 0. The molecule has 0 N–H and O–H groups in total. The van der Waals surface area contributed by atoms with E-state index in [1.54, 1.807) is 7.11 Å². The molecule has 0 aliphatic carbocycles. The number of ether oxygens (including phenoxy) is 1. The topological polar surface area (TPSA) is 26.3 Å². The number of hydrogen-bond acceptors (Lipinski definition) is 2. The molecule has 0 aliphatic heterocycles. The number of carbonyl (C=O) groups excluding carboxylic acids is 1. The van der Waals surface area contributed by atoms with Crippen LogP contribution in [0.1, 0.15) is 37.0 Å². The third-order valence-electron chi connectivity index (χ3n) is 2.73. The van der Waals surface area contributed by atoms with Crippen molar-refractivity contribution in [3.05, 3.63) is 29.8 Å². The van der Waals surface area contributed by atoms with Crippen LogP contribution in [0.2, 0.25) is 0 Å². The van der Waals surface area contributed by atoms with Crippen molar-refractivity contribution in [1.82, 2.24) is 0 Å². The van der Waals surface area contributed by atoms with Crippen LogP contribution in [0, 0.1) is 5.92 Å². The quantitative estimate of drug-likeness (QED) is 0.691. The van der Waals surface area contributed by atoms with Crippen LogP contribution in [0.25, 0.3) is 0 Å². The summed E-state index contributed by atoms with van der Waals surface area (Å²) >= 11 is 0. The highest BCUT2D eigenvalue weighted by atomic mass is 16.5. The highest BCUT2D eigenvalue weighted by molar-refractivity contribution is 5.97. The molecule has 2 nitrogen and oxygen atoms in total. The van der Waals surface area contributed by atoms with Gasteiger partial charge in [0.05, 0.1) is 7.11 Å². The van der Waals surface area contributed by atoms with Crippen molar-refractivity contribution in [3.63, 3.8) is 0 Å². The zero-order chi connectivity index (χ0) is 11.3. The molecule has 0 fully saturated rings. The summed E-state index contributed by atoms with van der Waals surface area (Å²) < 4.78 is 5.05. The minimum absolute atomic E-state index is 0.151. The van der Waals surface area contributed by atoms with E-state index in [0.717, 1.165) is 24.2 Å². The van der Waals surface area contributed by atoms with Crippen LogP contribution in [-0.2, 0) is 0 Å². The summed E-state index contributed by atoms with van der Waals surface area (Å²) in [6.07, 6.45) is 1.81. The Labute approximate surface area is 91.3 Å². The molecule has 0 saturated carbocycles. The van der Waals surface area contributed by atoms with E-state index in [2.05, 4.69) is 13.8 Å². The van der Waals surface area contributed by atoms with Crippen LogP contribution < -0.4 is 4.74 Å². The predicted octanol–water partition coefficient (Wildman–Crippen LogP) is 3.31. The van der Waals surface area contributed by atoms with E-state index in [0.29, 0.717) is 0 Å². The smallest absolute Gasteiger partial charge is 0.165 e. The van der Waals surface area contributed by atoms with Gasteiger partial charge in [-0.1, -0.05) is 13.8 Å². The van der Waals surface area contributed by atoms with Gasteiger partial charge < -0.3 is 4.74 Å². The first-order valence-corrected chi connectivity index (χ1v) is 5.41. The second-order valence-corrected chi connectivity index (χ2v) is 3.61. The molecule has 0 atom stereocenters. The molecule has 0 bridgehead atoms. The van der Waals surface area contributed by atoms with Gasteiger partial charge in [0.25, 0.3) is 0 Å².